The maximum absolute atomic E-state index is 12.8. The monoisotopic (exact) mass is 432 g/mol. The molecule has 5 rings (SSSR count). The van der Waals surface area contributed by atoms with Crippen molar-refractivity contribution in [2.75, 3.05) is 6.54 Å². The molecule has 0 radical (unpaired) electrons. The maximum atomic E-state index is 12.8. The molecule has 1 fully saturated rings. The molecule has 1 aliphatic rings. The van der Waals surface area contributed by atoms with E-state index in [1.807, 2.05) is 55.5 Å². The largest absolute Gasteiger partial charge is 0.415 e. The highest BCUT2D eigenvalue weighted by molar-refractivity contribution is 7.18. The number of rotatable bonds is 3. The van der Waals surface area contributed by atoms with Crippen LogP contribution in [0, 0.1) is 6.92 Å². The van der Waals surface area contributed by atoms with E-state index in [9.17, 15) is 9.59 Å². The Bertz CT molecular complexity index is 1320. The second kappa shape index (κ2) is 7.96. The van der Waals surface area contributed by atoms with E-state index in [4.69, 9.17) is 4.74 Å². The van der Waals surface area contributed by atoms with Crippen molar-refractivity contribution in [3.63, 3.8) is 0 Å². The first-order valence-electron chi connectivity index (χ1n) is 10.1. The van der Waals surface area contributed by atoms with Gasteiger partial charge in [-0.1, -0.05) is 53.8 Å². The van der Waals surface area contributed by atoms with Crippen molar-refractivity contribution in [1.82, 2.24) is 19.9 Å². The molecule has 156 valence electrons. The molecule has 31 heavy (non-hydrogen) atoms. The number of fused-ring (bicyclic) bond motifs is 1. The zero-order chi connectivity index (χ0) is 21.4. The Kier molecular flexibility index (Phi) is 4.99. The Hall–Kier alpha value is -3.52. The summed E-state index contributed by atoms with van der Waals surface area (Å²) in [6.07, 6.45) is 1.22. The van der Waals surface area contributed by atoms with Gasteiger partial charge in [0.2, 0.25) is 0 Å². The number of likely N-dealkylation sites (tertiary alicyclic amines) is 1. The van der Waals surface area contributed by atoms with E-state index < -0.39 is 6.09 Å². The molecule has 0 spiro atoms. The fourth-order valence-electron chi connectivity index (χ4n) is 3.80. The number of carbonyl (C=O) groups is 1. The molecule has 2 aromatic heterocycles. The van der Waals surface area contributed by atoms with E-state index in [-0.39, 0.29) is 11.6 Å². The molecule has 0 aliphatic carbocycles. The van der Waals surface area contributed by atoms with Crippen LogP contribution in [0.5, 0.6) is 5.75 Å². The summed E-state index contributed by atoms with van der Waals surface area (Å²) in [5.41, 5.74) is 1.88. The topological polar surface area (TPSA) is 88.2 Å². The van der Waals surface area contributed by atoms with Crippen LogP contribution in [-0.4, -0.2) is 32.5 Å². The molecule has 1 aliphatic heterocycles. The molecule has 4 aromatic rings. The van der Waals surface area contributed by atoms with Gasteiger partial charge >= 0.3 is 6.09 Å². The molecule has 1 saturated heterocycles. The summed E-state index contributed by atoms with van der Waals surface area (Å²) in [6.45, 7) is 2.54. The summed E-state index contributed by atoms with van der Waals surface area (Å²) in [4.78, 5) is 39.7. The van der Waals surface area contributed by atoms with Crippen molar-refractivity contribution >= 4 is 27.8 Å². The summed E-state index contributed by atoms with van der Waals surface area (Å²) in [6, 6.07) is 16.7. The van der Waals surface area contributed by atoms with Crippen LogP contribution in [0.4, 0.5) is 4.79 Å². The molecule has 0 bridgehead atoms. The van der Waals surface area contributed by atoms with Crippen molar-refractivity contribution in [3.05, 3.63) is 75.5 Å². The third-order valence-electron chi connectivity index (χ3n) is 5.30. The average molecular weight is 433 g/mol. The summed E-state index contributed by atoms with van der Waals surface area (Å²) < 4.78 is 5.59. The van der Waals surface area contributed by atoms with E-state index in [0.29, 0.717) is 33.5 Å². The number of nitrogens with zero attached hydrogens (tertiary/aromatic N) is 3. The molecular weight excluding hydrogens is 412 g/mol. The molecule has 7 nitrogen and oxygen atoms in total. The number of benzene rings is 2. The Labute approximate surface area is 182 Å². The van der Waals surface area contributed by atoms with Crippen LogP contribution in [0.2, 0.25) is 0 Å². The highest BCUT2D eigenvalue weighted by atomic mass is 32.1. The van der Waals surface area contributed by atoms with Gasteiger partial charge in [0.1, 0.15) is 16.6 Å². The zero-order valence-corrected chi connectivity index (χ0v) is 17.7. The van der Waals surface area contributed by atoms with Crippen LogP contribution < -0.4 is 10.3 Å². The number of H-pyrrole nitrogens is 1. The van der Waals surface area contributed by atoms with Gasteiger partial charge in [-0.25, -0.2) is 14.8 Å². The van der Waals surface area contributed by atoms with Crippen molar-refractivity contribution in [1.29, 1.82) is 0 Å². The summed E-state index contributed by atoms with van der Waals surface area (Å²) >= 11 is 1.36. The molecule has 0 saturated carbocycles. The number of ether oxygens (including phenoxy) is 1. The van der Waals surface area contributed by atoms with Gasteiger partial charge < -0.3 is 9.72 Å². The first-order valence-corrected chi connectivity index (χ1v) is 10.9. The quantitative estimate of drug-likeness (QED) is 0.507. The maximum Gasteiger partial charge on any atom is 0.415 e. The number of aryl methyl sites for hydroxylation is 1. The highest BCUT2D eigenvalue weighted by Crippen LogP contribution is 2.36. The number of hydrogen-bond donors (Lipinski definition) is 1. The number of hydrogen-bond acceptors (Lipinski definition) is 6. The minimum Gasteiger partial charge on any atom is -0.410 e. The predicted molar refractivity (Wildman–Crippen MR) is 119 cm³/mol. The standard InChI is InChI=1S/C23H20N4O3S/c1-14-7-5-10-16(13-14)30-23(29)27-12-6-11-17(27)21-24-18-20(28)25-19(26-22(18)31-21)15-8-3-2-4-9-15/h2-5,7-10,13,17H,6,11-12H2,1H3,(H,25,26,28). The first kappa shape index (κ1) is 19.4. The molecule has 1 unspecified atom stereocenters. The molecule has 3 heterocycles. The second-order valence-corrected chi connectivity index (χ2v) is 8.53. The van der Waals surface area contributed by atoms with E-state index in [0.717, 1.165) is 24.0 Å². The van der Waals surface area contributed by atoms with Crippen LogP contribution in [0.3, 0.4) is 0 Å². The smallest absolute Gasteiger partial charge is 0.410 e. The normalized spacial score (nSPS) is 16.0. The number of aromatic amines is 1. The molecule has 8 heteroatoms. The van der Waals surface area contributed by atoms with Gasteiger partial charge in [-0.2, -0.15) is 0 Å². The number of thiazole rings is 1. The lowest BCUT2D eigenvalue weighted by molar-refractivity contribution is 0.147. The number of nitrogens with one attached hydrogen (secondary N) is 1. The lowest BCUT2D eigenvalue weighted by atomic mass is 10.2. The SMILES string of the molecule is Cc1cccc(OC(=O)N2CCCC2c2nc3c(=O)[nH]c(-c4ccccc4)nc3s2)c1. The van der Waals surface area contributed by atoms with Crippen molar-refractivity contribution in [2.24, 2.45) is 0 Å². The van der Waals surface area contributed by atoms with Crippen LogP contribution >= 0.6 is 11.3 Å². The van der Waals surface area contributed by atoms with Crippen LogP contribution in [0.25, 0.3) is 21.7 Å². The predicted octanol–water partition coefficient (Wildman–Crippen LogP) is 4.69. The first-order chi connectivity index (χ1) is 15.1. The number of carbonyl (C=O) groups excluding carboxylic acids is 1. The van der Waals surface area contributed by atoms with Crippen molar-refractivity contribution < 1.29 is 9.53 Å². The van der Waals surface area contributed by atoms with Crippen LogP contribution in [0.1, 0.15) is 29.5 Å². The van der Waals surface area contributed by atoms with Crippen molar-refractivity contribution in [3.8, 4) is 17.1 Å². The van der Waals surface area contributed by atoms with Crippen molar-refractivity contribution in [2.45, 2.75) is 25.8 Å². The van der Waals surface area contributed by atoms with Gasteiger partial charge in [-0.3, -0.25) is 9.69 Å². The van der Waals surface area contributed by atoms with Crippen LogP contribution in [0.15, 0.2) is 59.4 Å². The third-order valence-corrected chi connectivity index (χ3v) is 6.35. The van der Waals surface area contributed by atoms with E-state index >= 15 is 0 Å². The molecule has 1 N–H and O–H groups in total. The minimum atomic E-state index is -0.404. The van der Waals surface area contributed by atoms with E-state index in [1.165, 1.54) is 11.3 Å². The molecule has 1 atom stereocenters. The van der Waals surface area contributed by atoms with Gasteiger partial charge in [0.25, 0.3) is 5.56 Å². The highest BCUT2D eigenvalue weighted by Gasteiger charge is 2.34. The Morgan fingerprint density at radius 1 is 1.16 bits per heavy atom. The Balaban J connectivity index is 1.44. The minimum absolute atomic E-state index is 0.226. The van der Waals surface area contributed by atoms with Gasteiger partial charge in [0.05, 0.1) is 6.04 Å². The zero-order valence-electron chi connectivity index (χ0n) is 16.9. The van der Waals surface area contributed by atoms with Gasteiger partial charge in [0.15, 0.2) is 10.3 Å². The van der Waals surface area contributed by atoms with Gasteiger partial charge in [-0.15, -0.1) is 0 Å². The fraction of sp³-hybridized carbons (Fsp3) is 0.217. The lowest BCUT2D eigenvalue weighted by Crippen LogP contribution is -2.33. The third kappa shape index (κ3) is 3.82. The Morgan fingerprint density at radius 3 is 2.81 bits per heavy atom. The molecule has 1 amide bonds. The van der Waals surface area contributed by atoms with Gasteiger partial charge in [0, 0.05) is 12.1 Å². The average Bonchev–Trinajstić information content (AvgIpc) is 3.41. The number of amides is 1. The summed E-state index contributed by atoms with van der Waals surface area (Å²) in [7, 11) is 0. The van der Waals surface area contributed by atoms with Gasteiger partial charge in [-0.05, 0) is 37.5 Å². The number of aromatic nitrogens is 3. The molecule has 2 aromatic carbocycles. The fourth-order valence-corrected chi connectivity index (χ4v) is 4.89. The second-order valence-electron chi connectivity index (χ2n) is 7.52. The van der Waals surface area contributed by atoms with E-state index in [1.54, 1.807) is 11.0 Å². The lowest BCUT2D eigenvalue weighted by Gasteiger charge is -2.22. The Morgan fingerprint density at radius 2 is 2.00 bits per heavy atom. The molecular formula is C23H20N4O3S. The summed E-state index contributed by atoms with van der Waals surface area (Å²) in [5, 5.41) is 0.705. The van der Waals surface area contributed by atoms with Crippen LogP contribution in [-0.2, 0) is 0 Å². The summed E-state index contributed by atoms with van der Waals surface area (Å²) in [5.74, 6) is 1.03. The van der Waals surface area contributed by atoms with E-state index in [2.05, 4.69) is 15.0 Å².